The number of methoxy groups -OCH3 is 1. The van der Waals surface area contributed by atoms with E-state index in [-0.39, 0.29) is 12.4 Å². The lowest BCUT2D eigenvalue weighted by atomic mass is 10.2. The lowest BCUT2D eigenvalue weighted by molar-refractivity contribution is 0.0641. The van der Waals surface area contributed by atoms with Crippen molar-refractivity contribution in [2.75, 3.05) is 33.5 Å². The van der Waals surface area contributed by atoms with E-state index in [0.29, 0.717) is 38.4 Å². The highest BCUT2D eigenvalue weighted by molar-refractivity contribution is 5.34. The predicted molar refractivity (Wildman–Crippen MR) is 65.1 cm³/mol. The fourth-order valence-electron chi connectivity index (χ4n) is 1.42. The minimum atomic E-state index is -0.457. The zero-order valence-corrected chi connectivity index (χ0v) is 10.5. The lowest BCUT2D eigenvalue weighted by Crippen LogP contribution is -2.08. The summed E-state index contributed by atoms with van der Waals surface area (Å²) in [5.41, 5.74) is 0.454. The van der Waals surface area contributed by atoms with Crippen LogP contribution < -0.4 is 4.74 Å². The minimum Gasteiger partial charge on any atom is -0.490 e. The van der Waals surface area contributed by atoms with E-state index in [1.165, 1.54) is 6.07 Å². The molecule has 0 radical (unpaired) electrons. The molecular formula is C13H19FO4. The van der Waals surface area contributed by atoms with Crippen molar-refractivity contribution in [1.29, 1.82) is 0 Å². The van der Waals surface area contributed by atoms with Gasteiger partial charge in [0, 0.05) is 25.7 Å². The second kappa shape index (κ2) is 8.85. The maximum absolute atomic E-state index is 13.4. The first-order valence-corrected chi connectivity index (χ1v) is 5.87. The van der Waals surface area contributed by atoms with Gasteiger partial charge in [0.05, 0.1) is 26.4 Å². The molecule has 0 saturated carbocycles. The summed E-state index contributed by atoms with van der Waals surface area (Å²) >= 11 is 0. The van der Waals surface area contributed by atoms with Crippen LogP contribution in [0.2, 0.25) is 0 Å². The van der Waals surface area contributed by atoms with E-state index >= 15 is 0 Å². The average molecular weight is 258 g/mol. The summed E-state index contributed by atoms with van der Waals surface area (Å²) in [7, 11) is 1.61. The smallest absolute Gasteiger partial charge is 0.165 e. The summed E-state index contributed by atoms with van der Waals surface area (Å²) in [5.74, 6) is -0.334. The second-order valence-corrected chi connectivity index (χ2v) is 3.69. The Kier molecular flexibility index (Phi) is 7.32. The van der Waals surface area contributed by atoms with Gasteiger partial charge in [0.1, 0.15) is 0 Å². The molecular weight excluding hydrogens is 239 g/mol. The quantitative estimate of drug-likeness (QED) is 0.685. The Morgan fingerprint density at radius 2 is 2.00 bits per heavy atom. The van der Waals surface area contributed by atoms with E-state index in [2.05, 4.69) is 0 Å². The molecule has 0 unspecified atom stereocenters. The highest BCUT2D eigenvalue weighted by Gasteiger charge is 2.08. The number of rotatable bonds is 9. The summed E-state index contributed by atoms with van der Waals surface area (Å²) < 4.78 is 28.8. The molecule has 0 atom stereocenters. The molecule has 0 spiro atoms. The van der Waals surface area contributed by atoms with E-state index < -0.39 is 5.82 Å². The number of para-hydroxylation sites is 1. The van der Waals surface area contributed by atoms with Crippen LogP contribution in [0.5, 0.6) is 5.75 Å². The first-order chi connectivity index (χ1) is 8.79. The maximum Gasteiger partial charge on any atom is 0.165 e. The van der Waals surface area contributed by atoms with Crippen LogP contribution in [-0.2, 0) is 16.1 Å². The van der Waals surface area contributed by atoms with Crippen molar-refractivity contribution in [2.24, 2.45) is 0 Å². The van der Waals surface area contributed by atoms with Gasteiger partial charge in [0.15, 0.2) is 11.6 Å². The topological polar surface area (TPSA) is 47.9 Å². The SMILES string of the molecule is COCCOCCCOc1c(F)cccc1CO. The Hall–Kier alpha value is -1.17. The van der Waals surface area contributed by atoms with Gasteiger partial charge in [-0.3, -0.25) is 0 Å². The van der Waals surface area contributed by atoms with E-state index in [4.69, 9.17) is 19.3 Å². The van der Waals surface area contributed by atoms with Gasteiger partial charge < -0.3 is 19.3 Å². The standard InChI is InChI=1S/C13H19FO4/c1-16-8-9-17-6-3-7-18-13-11(10-15)4-2-5-12(13)14/h2,4-5,15H,3,6-10H2,1H3. The Balaban J connectivity index is 2.26. The molecule has 1 aromatic rings. The van der Waals surface area contributed by atoms with Gasteiger partial charge in [-0.15, -0.1) is 0 Å². The van der Waals surface area contributed by atoms with E-state index in [1.807, 2.05) is 0 Å². The van der Waals surface area contributed by atoms with Crippen LogP contribution in [0.4, 0.5) is 4.39 Å². The molecule has 0 bridgehead atoms. The number of aliphatic hydroxyl groups excluding tert-OH is 1. The summed E-state index contributed by atoms with van der Waals surface area (Å²) in [6, 6.07) is 4.48. The van der Waals surface area contributed by atoms with Crippen molar-refractivity contribution in [3.8, 4) is 5.75 Å². The number of halogens is 1. The third-order valence-electron chi connectivity index (χ3n) is 2.33. The molecule has 0 aliphatic heterocycles. The van der Waals surface area contributed by atoms with Crippen molar-refractivity contribution in [3.63, 3.8) is 0 Å². The molecule has 1 rings (SSSR count). The second-order valence-electron chi connectivity index (χ2n) is 3.69. The monoisotopic (exact) mass is 258 g/mol. The molecule has 0 saturated heterocycles. The zero-order chi connectivity index (χ0) is 13.2. The van der Waals surface area contributed by atoms with Crippen LogP contribution in [0, 0.1) is 5.82 Å². The lowest BCUT2D eigenvalue weighted by Gasteiger charge is -2.11. The largest absolute Gasteiger partial charge is 0.490 e. The van der Waals surface area contributed by atoms with Crippen LogP contribution >= 0.6 is 0 Å². The average Bonchev–Trinajstić information content (AvgIpc) is 2.39. The summed E-state index contributed by atoms with van der Waals surface area (Å²) in [6.07, 6.45) is 0.656. The van der Waals surface area contributed by atoms with Crippen LogP contribution in [-0.4, -0.2) is 38.6 Å². The number of hydrogen-bond donors (Lipinski definition) is 1. The van der Waals surface area contributed by atoms with Gasteiger partial charge in [-0.2, -0.15) is 0 Å². The van der Waals surface area contributed by atoms with Crippen molar-refractivity contribution in [1.82, 2.24) is 0 Å². The van der Waals surface area contributed by atoms with Gasteiger partial charge in [0.25, 0.3) is 0 Å². The first kappa shape index (κ1) is 14.9. The highest BCUT2D eigenvalue weighted by Crippen LogP contribution is 2.22. The van der Waals surface area contributed by atoms with Gasteiger partial charge >= 0.3 is 0 Å². The van der Waals surface area contributed by atoms with Gasteiger partial charge in [-0.25, -0.2) is 4.39 Å². The number of aliphatic hydroxyl groups is 1. The molecule has 18 heavy (non-hydrogen) atoms. The molecule has 0 fully saturated rings. The van der Waals surface area contributed by atoms with E-state index in [1.54, 1.807) is 19.2 Å². The third-order valence-corrected chi connectivity index (χ3v) is 2.33. The molecule has 1 N–H and O–H groups in total. The third kappa shape index (κ3) is 5.00. The molecule has 0 heterocycles. The normalized spacial score (nSPS) is 10.6. The van der Waals surface area contributed by atoms with Crippen molar-refractivity contribution in [2.45, 2.75) is 13.0 Å². The molecule has 0 aromatic heterocycles. The van der Waals surface area contributed by atoms with Crippen LogP contribution in [0.1, 0.15) is 12.0 Å². The number of hydrogen-bond acceptors (Lipinski definition) is 4. The van der Waals surface area contributed by atoms with Crippen molar-refractivity contribution in [3.05, 3.63) is 29.6 Å². The van der Waals surface area contributed by atoms with Crippen molar-refractivity contribution >= 4 is 0 Å². The van der Waals surface area contributed by atoms with Crippen LogP contribution in [0.25, 0.3) is 0 Å². The zero-order valence-electron chi connectivity index (χ0n) is 10.5. The maximum atomic E-state index is 13.4. The summed E-state index contributed by atoms with van der Waals surface area (Å²) in [6.45, 7) is 1.74. The van der Waals surface area contributed by atoms with Gasteiger partial charge in [-0.1, -0.05) is 12.1 Å². The van der Waals surface area contributed by atoms with E-state index in [9.17, 15) is 4.39 Å². The Morgan fingerprint density at radius 1 is 1.17 bits per heavy atom. The first-order valence-electron chi connectivity index (χ1n) is 5.87. The van der Waals surface area contributed by atoms with Gasteiger partial charge in [0.2, 0.25) is 0 Å². The minimum absolute atomic E-state index is 0.122. The molecule has 0 amide bonds. The fraction of sp³-hybridized carbons (Fsp3) is 0.538. The summed E-state index contributed by atoms with van der Waals surface area (Å²) in [4.78, 5) is 0. The number of benzene rings is 1. The Bertz CT molecular complexity index is 344. The predicted octanol–water partition coefficient (Wildman–Crippen LogP) is 1.75. The van der Waals surface area contributed by atoms with Crippen molar-refractivity contribution < 1.29 is 23.7 Å². The van der Waals surface area contributed by atoms with Crippen LogP contribution in [0.3, 0.4) is 0 Å². The molecule has 102 valence electrons. The van der Waals surface area contributed by atoms with Crippen LogP contribution in [0.15, 0.2) is 18.2 Å². The Labute approximate surface area is 106 Å². The Morgan fingerprint density at radius 3 is 2.72 bits per heavy atom. The highest BCUT2D eigenvalue weighted by atomic mass is 19.1. The van der Waals surface area contributed by atoms with Gasteiger partial charge in [-0.05, 0) is 6.07 Å². The molecule has 0 aliphatic carbocycles. The summed E-state index contributed by atoms with van der Waals surface area (Å²) in [5, 5.41) is 9.06. The number of ether oxygens (including phenoxy) is 3. The molecule has 0 aliphatic rings. The molecule has 1 aromatic carbocycles. The van der Waals surface area contributed by atoms with E-state index in [0.717, 1.165) is 0 Å². The molecule has 4 nitrogen and oxygen atoms in total. The molecule has 5 heteroatoms. The fourth-order valence-corrected chi connectivity index (χ4v) is 1.42.